The SMILES string of the molecule is Cc1ccc(C(C)C)c(N2C(=O)CSC2=NC(=O)ONCc2ccc(-c3ncn(-c4ccc(OC(F)(F)F)cc4)n3)cc2)c1. The second kappa shape index (κ2) is 12.9. The highest BCUT2D eigenvalue weighted by Crippen LogP contribution is 2.34. The summed E-state index contributed by atoms with van der Waals surface area (Å²) in [4.78, 5) is 40.1. The smallest absolute Gasteiger partial charge is 0.406 e. The van der Waals surface area contributed by atoms with Crippen LogP contribution in [0.3, 0.4) is 0 Å². The second-order valence-electron chi connectivity index (χ2n) is 10.1. The molecule has 1 aromatic heterocycles. The van der Waals surface area contributed by atoms with E-state index in [1.807, 2.05) is 39.0 Å². The number of hydrogen-bond acceptors (Lipinski definition) is 8. The first kappa shape index (κ1) is 30.8. The van der Waals surface area contributed by atoms with Crippen LogP contribution in [0.25, 0.3) is 17.1 Å². The highest BCUT2D eigenvalue weighted by molar-refractivity contribution is 8.15. The van der Waals surface area contributed by atoms with Crippen molar-refractivity contribution >= 4 is 34.6 Å². The third-order valence-electron chi connectivity index (χ3n) is 6.48. The summed E-state index contributed by atoms with van der Waals surface area (Å²) in [5, 5.41) is 4.65. The number of amidine groups is 1. The highest BCUT2D eigenvalue weighted by atomic mass is 32.2. The van der Waals surface area contributed by atoms with Crippen molar-refractivity contribution in [1.29, 1.82) is 0 Å². The van der Waals surface area contributed by atoms with Gasteiger partial charge in [-0.05, 0) is 59.9 Å². The normalized spacial score (nSPS) is 14.5. The fourth-order valence-corrected chi connectivity index (χ4v) is 5.24. The van der Waals surface area contributed by atoms with Gasteiger partial charge in [0.15, 0.2) is 11.0 Å². The van der Waals surface area contributed by atoms with Crippen molar-refractivity contribution in [3.8, 4) is 22.8 Å². The number of thioether (sulfide) groups is 1. The first-order valence-corrected chi connectivity index (χ1v) is 14.4. The van der Waals surface area contributed by atoms with Crippen molar-refractivity contribution in [2.45, 2.75) is 39.6 Å². The van der Waals surface area contributed by atoms with Crippen LogP contribution in [0, 0.1) is 6.92 Å². The summed E-state index contributed by atoms with van der Waals surface area (Å²) >= 11 is 1.18. The van der Waals surface area contributed by atoms with Crippen LogP contribution in [0.15, 0.2) is 78.0 Å². The van der Waals surface area contributed by atoms with Crippen molar-refractivity contribution in [2.24, 2.45) is 4.99 Å². The molecule has 1 N–H and O–H groups in total. The van der Waals surface area contributed by atoms with Crippen molar-refractivity contribution in [2.75, 3.05) is 10.7 Å². The Bertz CT molecular complexity index is 1690. The van der Waals surface area contributed by atoms with Crippen molar-refractivity contribution in [3.05, 3.63) is 89.7 Å². The molecule has 0 bridgehead atoms. The van der Waals surface area contributed by atoms with Gasteiger partial charge in [-0.2, -0.15) is 0 Å². The Kier molecular flexibility index (Phi) is 9.01. The Labute approximate surface area is 254 Å². The van der Waals surface area contributed by atoms with E-state index in [1.165, 1.54) is 51.9 Å². The minimum atomic E-state index is -4.77. The molecule has 1 aliphatic heterocycles. The van der Waals surface area contributed by atoms with E-state index < -0.39 is 12.5 Å². The summed E-state index contributed by atoms with van der Waals surface area (Å²) in [5.41, 5.74) is 7.27. The molecule has 1 aliphatic rings. The number of nitrogens with one attached hydrogen (secondary N) is 1. The summed E-state index contributed by atoms with van der Waals surface area (Å²) in [6.45, 7) is 6.20. The van der Waals surface area contributed by atoms with Gasteiger partial charge in [0.1, 0.15) is 12.1 Å². The lowest BCUT2D eigenvalue weighted by Gasteiger charge is -2.22. The second-order valence-corrected chi connectivity index (χ2v) is 11.0. The Morgan fingerprint density at radius 3 is 2.50 bits per heavy atom. The summed E-state index contributed by atoms with van der Waals surface area (Å²) in [5.74, 6) is 0.257. The maximum atomic E-state index is 12.7. The molecule has 0 radical (unpaired) electrons. The molecule has 10 nitrogen and oxygen atoms in total. The molecule has 0 aliphatic carbocycles. The van der Waals surface area contributed by atoms with Gasteiger partial charge in [0.25, 0.3) is 0 Å². The number of ether oxygens (including phenoxy) is 1. The molecule has 0 spiro atoms. The van der Waals surface area contributed by atoms with Crippen LogP contribution >= 0.6 is 11.8 Å². The number of hydrogen-bond donors (Lipinski definition) is 1. The van der Waals surface area contributed by atoms with E-state index in [0.29, 0.717) is 22.8 Å². The van der Waals surface area contributed by atoms with E-state index >= 15 is 0 Å². The molecule has 228 valence electrons. The number of aliphatic imine (C=N–C) groups is 1. The molecular weight excluding hydrogens is 597 g/mol. The van der Waals surface area contributed by atoms with Gasteiger partial charge in [-0.3, -0.25) is 9.69 Å². The summed E-state index contributed by atoms with van der Waals surface area (Å²) < 4.78 is 42.5. The lowest BCUT2D eigenvalue weighted by molar-refractivity contribution is -0.274. The van der Waals surface area contributed by atoms with Gasteiger partial charge in [-0.1, -0.05) is 62.0 Å². The van der Waals surface area contributed by atoms with E-state index in [2.05, 4.69) is 25.3 Å². The minimum absolute atomic E-state index is 0.158. The van der Waals surface area contributed by atoms with Crippen molar-refractivity contribution in [1.82, 2.24) is 20.2 Å². The Hall–Kier alpha value is -4.69. The maximum absolute atomic E-state index is 12.7. The molecule has 44 heavy (non-hydrogen) atoms. The van der Waals surface area contributed by atoms with Crippen LogP contribution in [0.5, 0.6) is 5.75 Å². The molecule has 1 fully saturated rings. The van der Waals surface area contributed by atoms with E-state index in [-0.39, 0.29) is 35.0 Å². The minimum Gasteiger partial charge on any atom is -0.406 e. The van der Waals surface area contributed by atoms with Gasteiger partial charge in [-0.25, -0.2) is 14.5 Å². The molecule has 0 saturated carbocycles. The predicted molar refractivity (Wildman–Crippen MR) is 159 cm³/mol. The number of anilines is 1. The Morgan fingerprint density at radius 2 is 1.82 bits per heavy atom. The van der Waals surface area contributed by atoms with Crippen LogP contribution in [-0.2, 0) is 16.2 Å². The quantitative estimate of drug-likeness (QED) is 0.220. The topological polar surface area (TPSA) is 111 Å². The van der Waals surface area contributed by atoms with Crippen LogP contribution in [0.2, 0.25) is 0 Å². The van der Waals surface area contributed by atoms with Gasteiger partial charge in [0, 0.05) is 5.56 Å². The molecule has 2 heterocycles. The van der Waals surface area contributed by atoms with Crippen molar-refractivity contribution < 1.29 is 32.3 Å². The molecule has 0 unspecified atom stereocenters. The van der Waals surface area contributed by atoms with Gasteiger partial charge < -0.3 is 9.57 Å². The van der Waals surface area contributed by atoms with Crippen LogP contribution in [0.1, 0.15) is 36.5 Å². The summed E-state index contributed by atoms with van der Waals surface area (Å²) in [6, 6.07) is 18.3. The summed E-state index contributed by atoms with van der Waals surface area (Å²) in [6.07, 6.45) is -4.20. The zero-order chi connectivity index (χ0) is 31.4. The van der Waals surface area contributed by atoms with Crippen LogP contribution in [0.4, 0.5) is 23.7 Å². The first-order valence-electron chi connectivity index (χ1n) is 13.4. The number of rotatable bonds is 8. The maximum Gasteiger partial charge on any atom is 0.573 e. The fraction of sp³-hybridized carbons (Fsp3) is 0.233. The molecule has 4 aromatic rings. The number of carbonyl (C=O) groups excluding carboxylic acids is 2. The monoisotopic (exact) mass is 624 g/mol. The number of nitrogens with zero attached hydrogens (tertiary/aromatic N) is 5. The molecule has 5 rings (SSSR count). The summed E-state index contributed by atoms with van der Waals surface area (Å²) in [7, 11) is 0. The number of aryl methyl sites for hydroxylation is 1. The van der Waals surface area contributed by atoms with Crippen LogP contribution < -0.4 is 15.1 Å². The average Bonchev–Trinajstić information content (AvgIpc) is 3.60. The van der Waals surface area contributed by atoms with E-state index in [4.69, 9.17) is 4.84 Å². The predicted octanol–water partition coefficient (Wildman–Crippen LogP) is 6.54. The number of aromatic nitrogens is 3. The van der Waals surface area contributed by atoms with Gasteiger partial charge in [0.05, 0.1) is 23.7 Å². The average molecular weight is 625 g/mol. The number of amides is 2. The standard InChI is InChI=1S/C30H27F3N6O4S/c1-18(2)24-13-4-19(3)14-25(24)39-26(40)16-44-28(39)36-29(41)43-35-15-20-5-7-21(8-6-20)27-34-17-38(37-27)22-9-11-23(12-10-22)42-30(31,32)33/h4-14,17-18,35H,15-16H2,1-3H3. The first-order chi connectivity index (χ1) is 21.0. The molecule has 0 atom stereocenters. The van der Waals surface area contributed by atoms with E-state index in [0.717, 1.165) is 16.7 Å². The zero-order valence-corrected chi connectivity index (χ0v) is 24.6. The molecule has 14 heteroatoms. The molecule has 3 aromatic carbocycles. The third-order valence-corrected chi connectivity index (χ3v) is 7.40. The molecule has 1 saturated heterocycles. The number of benzene rings is 3. The Balaban J connectivity index is 1.17. The van der Waals surface area contributed by atoms with E-state index in [1.54, 1.807) is 24.3 Å². The highest BCUT2D eigenvalue weighted by Gasteiger charge is 2.33. The number of hydroxylamine groups is 1. The third kappa shape index (κ3) is 7.44. The largest absolute Gasteiger partial charge is 0.573 e. The van der Waals surface area contributed by atoms with Gasteiger partial charge in [-0.15, -0.1) is 28.7 Å². The lowest BCUT2D eigenvalue weighted by Crippen LogP contribution is -2.31. The number of carbonyl (C=O) groups is 2. The van der Waals surface area contributed by atoms with E-state index in [9.17, 15) is 22.8 Å². The molecule has 2 amide bonds. The lowest BCUT2D eigenvalue weighted by atomic mass is 9.99. The van der Waals surface area contributed by atoms with Crippen LogP contribution in [-0.4, -0.2) is 44.0 Å². The van der Waals surface area contributed by atoms with Gasteiger partial charge >= 0.3 is 12.5 Å². The number of alkyl halides is 3. The van der Waals surface area contributed by atoms with Gasteiger partial charge in [0.2, 0.25) is 5.91 Å². The van der Waals surface area contributed by atoms with Crippen molar-refractivity contribution in [3.63, 3.8) is 0 Å². The zero-order valence-electron chi connectivity index (χ0n) is 23.8. The fourth-order valence-electron chi connectivity index (χ4n) is 4.39. The Morgan fingerprint density at radius 1 is 1.09 bits per heavy atom. The molecular formula is C30H27F3N6O4S. The number of halogens is 3.